The molecule has 1 saturated carbocycles. The standard InChI is InChI=1S/C16H20N6O2S/c1-10-20-21-16(24-10)25-9-14(23)18-12-5-7-22(8-12)15-17-6-4-13(19-15)11-2-3-11/h4,6,11-12H,2-3,5,7-9H2,1H3,(H,18,23). The second kappa shape index (κ2) is 6.99. The number of carbonyl (C=O) groups is 1. The highest BCUT2D eigenvalue weighted by Gasteiger charge is 2.28. The fourth-order valence-electron chi connectivity index (χ4n) is 2.91. The Labute approximate surface area is 149 Å². The summed E-state index contributed by atoms with van der Waals surface area (Å²) in [6.45, 7) is 3.32. The number of carbonyl (C=O) groups excluding carboxylic acids is 1. The van der Waals surface area contributed by atoms with Crippen LogP contribution in [0.5, 0.6) is 0 Å². The predicted octanol–water partition coefficient (Wildman–Crippen LogP) is 1.53. The number of aryl methyl sites for hydroxylation is 1. The second-order valence-corrected chi connectivity index (χ2v) is 7.36. The van der Waals surface area contributed by atoms with Crippen molar-refractivity contribution in [3.63, 3.8) is 0 Å². The normalized spacial score (nSPS) is 20.0. The van der Waals surface area contributed by atoms with Crippen LogP contribution in [0, 0.1) is 6.92 Å². The van der Waals surface area contributed by atoms with Crippen molar-refractivity contribution in [2.75, 3.05) is 23.7 Å². The summed E-state index contributed by atoms with van der Waals surface area (Å²) in [7, 11) is 0. The molecule has 2 aromatic rings. The Balaban J connectivity index is 1.27. The molecule has 9 heteroatoms. The number of nitrogens with zero attached hydrogens (tertiary/aromatic N) is 5. The number of hydrogen-bond acceptors (Lipinski definition) is 8. The first kappa shape index (κ1) is 16.3. The molecule has 8 nitrogen and oxygen atoms in total. The summed E-state index contributed by atoms with van der Waals surface area (Å²) in [5.74, 6) is 2.14. The Hall–Kier alpha value is -2.16. The van der Waals surface area contributed by atoms with Crippen molar-refractivity contribution >= 4 is 23.6 Å². The molecular weight excluding hydrogens is 340 g/mol. The maximum atomic E-state index is 12.1. The molecule has 1 aliphatic heterocycles. The summed E-state index contributed by atoms with van der Waals surface area (Å²) in [5, 5.41) is 11.1. The highest BCUT2D eigenvalue weighted by molar-refractivity contribution is 7.99. The van der Waals surface area contributed by atoms with Gasteiger partial charge in [0, 0.05) is 43.9 Å². The van der Waals surface area contributed by atoms with E-state index >= 15 is 0 Å². The zero-order chi connectivity index (χ0) is 17.2. The molecule has 25 heavy (non-hydrogen) atoms. The third-order valence-corrected chi connectivity index (χ3v) is 5.15. The Morgan fingerprint density at radius 2 is 2.28 bits per heavy atom. The lowest BCUT2D eigenvalue weighted by molar-refractivity contribution is -0.119. The van der Waals surface area contributed by atoms with Crippen LogP contribution < -0.4 is 10.2 Å². The van der Waals surface area contributed by atoms with Gasteiger partial charge in [0.15, 0.2) is 0 Å². The number of rotatable bonds is 6. The molecule has 0 spiro atoms. The molecule has 4 rings (SSSR count). The van der Waals surface area contributed by atoms with E-state index in [0.29, 0.717) is 17.0 Å². The summed E-state index contributed by atoms with van der Waals surface area (Å²) in [5.41, 5.74) is 1.14. The van der Waals surface area contributed by atoms with Crippen LogP contribution in [0.25, 0.3) is 0 Å². The van der Waals surface area contributed by atoms with E-state index in [1.54, 1.807) is 6.92 Å². The minimum Gasteiger partial charge on any atom is -0.416 e. The van der Waals surface area contributed by atoms with Gasteiger partial charge in [0.2, 0.25) is 17.7 Å². The summed E-state index contributed by atoms with van der Waals surface area (Å²) in [6, 6.07) is 2.12. The molecule has 1 amide bonds. The van der Waals surface area contributed by atoms with Crippen molar-refractivity contribution in [2.45, 2.75) is 43.4 Å². The topological polar surface area (TPSA) is 97.0 Å². The molecule has 0 bridgehead atoms. The van der Waals surface area contributed by atoms with Gasteiger partial charge >= 0.3 is 0 Å². The lowest BCUT2D eigenvalue weighted by atomic mass is 10.2. The minimum atomic E-state index is -0.0275. The van der Waals surface area contributed by atoms with E-state index in [2.05, 4.69) is 30.4 Å². The van der Waals surface area contributed by atoms with Crippen LogP contribution in [-0.2, 0) is 4.79 Å². The van der Waals surface area contributed by atoms with Gasteiger partial charge in [-0.1, -0.05) is 11.8 Å². The fourth-order valence-corrected chi connectivity index (χ4v) is 3.53. The molecule has 1 unspecified atom stereocenters. The Bertz CT molecular complexity index is 763. The minimum absolute atomic E-state index is 0.0275. The smallest absolute Gasteiger partial charge is 0.277 e. The van der Waals surface area contributed by atoms with Gasteiger partial charge in [0.25, 0.3) is 5.22 Å². The molecule has 1 saturated heterocycles. The van der Waals surface area contributed by atoms with E-state index in [1.165, 1.54) is 24.6 Å². The highest BCUT2D eigenvalue weighted by Crippen LogP contribution is 2.39. The van der Waals surface area contributed by atoms with Gasteiger partial charge in [-0.2, -0.15) is 0 Å². The molecular formula is C16H20N6O2S. The van der Waals surface area contributed by atoms with Gasteiger partial charge in [-0.15, -0.1) is 10.2 Å². The van der Waals surface area contributed by atoms with Crippen molar-refractivity contribution in [3.8, 4) is 0 Å². The lowest BCUT2D eigenvalue weighted by Gasteiger charge is -2.17. The Kier molecular flexibility index (Phi) is 4.56. The van der Waals surface area contributed by atoms with Gasteiger partial charge in [0.05, 0.1) is 5.75 Å². The third kappa shape index (κ3) is 4.09. The number of nitrogens with one attached hydrogen (secondary N) is 1. The average molecular weight is 360 g/mol. The highest BCUT2D eigenvalue weighted by atomic mass is 32.2. The van der Waals surface area contributed by atoms with Crippen molar-refractivity contribution in [1.82, 2.24) is 25.5 Å². The number of aromatic nitrogens is 4. The molecule has 2 fully saturated rings. The van der Waals surface area contributed by atoms with Crippen molar-refractivity contribution in [1.29, 1.82) is 0 Å². The van der Waals surface area contributed by atoms with Crippen LogP contribution in [0.3, 0.4) is 0 Å². The van der Waals surface area contributed by atoms with E-state index in [4.69, 9.17) is 4.42 Å². The SMILES string of the molecule is Cc1nnc(SCC(=O)NC2CCN(c3nccc(C4CC4)n3)C2)o1. The fraction of sp³-hybridized carbons (Fsp3) is 0.562. The van der Waals surface area contributed by atoms with E-state index < -0.39 is 0 Å². The monoisotopic (exact) mass is 360 g/mol. The zero-order valence-electron chi connectivity index (χ0n) is 14.0. The van der Waals surface area contributed by atoms with E-state index in [0.717, 1.165) is 31.2 Å². The molecule has 132 valence electrons. The van der Waals surface area contributed by atoms with Gasteiger partial charge in [-0.3, -0.25) is 4.79 Å². The molecule has 2 aromatic heterocycles. The molecule has 0 aromatic carbocycles. The molecule has 1 N–H and O–H groups in total. The number of thioether (sulfide) groups is 1. The Morgan fingerprint density at radius 3 is 3.04 bits per heavy atom. The summed E-state index contributed by atoms with van der Waals surface area (Å²) in [6.07, 6.45) is 5.19. The van der Waals surface area contributed by atoms with Crippen LogP contribution in [0.15, 0.2) is 21.9 Å². The van der Waals surface area contributed by atoms with Gasteiger partial charge in [-0.25, -0.2) is 9.97 Å². The van der Waals surface area contributed by atoms with Crippen LogP contribution in [0.4, 0.5) is 5.95 Å². The second-order valence-electron chi connectivity index (χ2n) is 6.43. The van der Waals surface area contributed by atoms with Crippen LogP contribution >= 0.6 is 11.8 Å². The summed E-state index contributed by atoms with van der Waals surface area (Å²) < 4.78 is 5.25. The maximum Gasteiger partial charge on any atom is 0.277 e. The first-order chi connectivity index (χ1) is 12.2. The molecule has 3 heterocycles. The first-order valence-corrected chi connectivity index (χ1v) is 9.46. The lowest BCUT2D eigenvalue weighted by Crippen LogP contribution is -2.38. The van der Waals surface area contributed by atoms with Crippen LogP contribution in [0.2, 0.25) is 0 Å². The quantitative estimate of drug-likeness (QED) is 0.775. The number of hydrogen-bond donors (Lipinski definition) is 1. The average Bonchev–Trinajstić information content (AvgIpc) is 3.23. The number of amides is 1. The first-order valence-electron chi connectivity index (χ1n) is 8.47. The van der Waals surface area contributed by atoms with E-state index in [9.17, 15) is 4.79 Å². The van der Waals surface area contributed by atoms with Crippen LogP contribution in [0.1, 0.15) is 36.8 Å². The van der Waals surface area contributed by atoms with Gasteiger partial charge < -0.3 is 14.6 Å². The van der Waals surface area contributed by atoms with Crippen molar-refractivity contribution in [2.24, 2.45) is 0 Å². The third-order valence-electron chi connectivity index (χ3n) is 4.33. The molecule has 0 radical (unpaired) electrons. The van der Waals surface area contributed by atoms with Crippen molar-refractivity contribution in [3.05, 3.63) is 23.8 Å². The van der Waals surface area contributed by atoms with Gasteiger partial charge in [-0.05, 0) is 25.3 Å². The predicted molar refractivity (Wildman–Crippen MR) is 92.5 cm³/mol. The number of anilines is 1. The van der Waals surface area contributed by atoms with Gasteiger partial charge in [0.1, 0.15) is 0 Å². The maximum absolute atomic E-state index is 12.1. The Morgan fingerprint density at radius 1 is 1.40 bits per heavy atom. The molecule has 1 atom stereocenters. The largest absolute Gasteiger partial charge is 0.416 e. The summed E-state index contributed by atoms with van der Waals surface area (Å²) in [4.78, 5) is 23.3. The van der Waals surface area contributed by atoms with Crippen molar-refractivity contribution < 1.29 is 9.21 Å². The summed E-state index contributed by atoms with van der Waals surface area (Å²) >= 11 is 1.25. The zero-order valence-corrected chi connectivity index (χ0v) is 14.8. The van der Waals surface area contributed by atoms with Crippen LogP contribution in [-0.4, -0.2) is 51.0 Å². The molecule has 1 aliphatic carbocycles. The molecule has 2 aliphatic rings. The van der Waals surface area contributed by atoms with E-state index in [-0.39, 0.29) is 17.7 Å². The van der Waals surface area contributed by atoms with E-state index in [1.807, 2.05) is 12.3 Å².